The first-order valence-corrected chi connectivity index (χ1v) is 10.4. The molecule has 1 fully saturated rings. The lowest BCUT2D eigenvalue weighted by molar-refractivity contribution is -0.133. The highest BCUT2D eigenvalue weighted by atomic mass is 16.3. The summed E-state index contributed by atoms with van der Waals surface area (Å²) in [7, 11) is 1.87. The van der Waals surface area contributed by atoms with Crippen LogP contribution in [0.2, 0.25) is 0 Å². The molecular formula is C24H29N3O2. The lowest BCUT2D eigenvalue weighted by atomic mass is 10.2. The summed E-state index contributed by atoms with van der Waals surface area (Å²) in [4.78, 5) is 19.4. The molecule has 0 radical (unpaired) electrons. The Morgan fingerprint density at radius 3 is 2.59 bits per heavy atom. The van der Waals surface area contributed by atoms with Crippen molar-refractivity contribution in [2.45, 2.75) is 19.4 Å². The van der Waals surface area contributed by atoms with Crippen molar-refractivity contribution in [3.63, 3.8) is 0 Å². The molecule has 0 spiro atoms. The van der Waals surface area contributed by atoms with E-state index >= 15 is 0 Å². The van der Waals surface area contributed by atoms with Crippen molar-refractivity contribution in [1.82, 2.24) is 9.80 Å². The first-order chi connectivity index (χ1) is 14.1. The molecule has 1 aromatic heterocycles. The summed E-state index contributed by atoms with van der Waals surface area (Å²) >= 11 is 0. The predicted octanol–water partition coefficient (Wildman–Crippen LogP) is 4.16. The van der Waals surface area contributed by atoms with Crippen molar-refractivity contribution in [3.8, 4) is 0 Å². The number of para-hydroxylation sites is 2. The van der Waals surface area contributed by atoms with Gasteiger partial charge in [-0.25, -0.2) is 0 Å². The Kier molecular flexibility index (Phi) is 5.86. The van der Waals surface area contributed by atoms with Crippen molar-refractivity contribution in [2.75, 3.05) is 44.7 Å². The Hall–Kier alpha value is -2.79. The monoisotopic (exact) mass is 391 g/mol. The first kappa shape index (κ1) is 19.5. The third-order valence-electron chi connectivity index (χ3n) is 5.90. The molecule has 1 atom stereocenters. The van der Waals surface area contributed by atoms with Gasteiger partial charge in [0.25, 0.3) is 0 Å². The number of anilines is 1. The molecule has 5 nitrogen and oxygen atoms in total. The molecule has 4 rings (SSSR count). The number of amides is 1. The lowest BCUT2D eigenvalue weighted by Gasteiger charge is -2.27. The highest BCUT2D eigenvalue weighted by Crippen LogP contribution is 2.26. The fourth-order valence-electron chi connectivity index (χ4n) is 3.94. The number of benzene rings is 2. The highest BCUT2D eigenvalue weighted by Gasteiger charge is 2.24. The Labute approximate surface area is 172 Å². The Bertz CT molecular complexity index is 920. The third-order valence-corrected chi connectivity index (χ3v) is 5.90. The second-order valence-corrected chi connectivity index (χ2v) is 7.82. The maximum Gasteiger partial charge on any atom is 0.237 e. The lowest BCUT2D eigenvalue weighted by Crippen LogP contribution is -2.41. The Morgan fingerprint density at radius 2 is 1.79 bits per heavy atom. The van der Waals surface area contributed by atoms with Gasteiger partial charge in [0.2, 0.25) is 5.91 Å². The number of likely N-dealkylation sites (N-methyl/N-ethyl adjacent to an activating group) is 1. The standard InChI is InChI=1S/C24H29N3O2/c1-19(23-17-20-9-6-7-12-22(20)29-23)25(2)24(28)18-26-13-8-14-27(16-15-26)21-10-4-3-5-11-21/h3-7,9-12,17,19H,8,13-16,18H2,1-2H3. The van der Waals surface area contributed by atoms with Crippen LogP contribution < -0.4 is 4.90 Å². The number of hydrogen-bond donors (Lipinski definition) is 0. The number of nitrogens with zero attached hydrogens (tertiary/aromatic N) is 3. The fourth-order valence-corrected chi connectivity index (χ4v) is 3.94. The molecule has 1 amide bonds. The topological polar surface area (TPSA) is 39.9 Å². The number of rotatable bonds is 5. The molecular weight excluding hydrogens is 362 g/mol. The normalized spacial score (nSPS) is 16.6. The van der Waals surface area contributed by atoms with Gasteiger partial charge in [-0.15, -0.1) is 0 Å². The predicted molar refractivity (Wildman–Crippen MR) is 117 cm³/mol. The second kappa shape index (κ2) is 8.70. The van der Waals surface area contributed by atoms with E-state index < -0.39 is 0 Å². The molecule has 152 valence electrons. The van der Waals surface area contributed by atoms with Gasteiger partial charge in [-0.3, -0.25) is 9.69 Å². The van der Waals surface area contributed by atoms with Crippen LogP contribution in [-0.2, 0) is 4.79 Å². The summed E-state index contributed by atoms with van der Waals surface area (Å²) in [6.07, 6.45) is 1.06. The van der Waals surface area contributed by atoms with E-state index in [1.807, 2.05) is 50.4 Å². The first-order valence-electron chi connectivity index (χ1n) is 10.4. The zero-order valence-electron chi connectivity index (χ0n) is 17.3. The highest BCUT2D eigenvalue weighted by molar-refractivity contribution is 5.80. The summed E-state index contributed by atoms with van der Waals surface area (Å²) in [5, 5.41) is 1.07. The molecule has 3 aromatic rings. The van der Waals surface area contributed by atoms with E-state index in [4.69, 9.17) is 4.42 Å². The Balaban J connectivity index is 1.35. The van der Waals surface area contributed by atoms with Crippen LogP contribution in [-0.4, -0.2) is 55.5 Å². The van der Waals surface area contributed by atoms with Gasteiger partial charge in [-0.2, -0.15) is 0 Å². The Morgan fingerprint density at radius 1 is 1.03 bits per heavy atom. The molecule has 0 N–H and O–H groups in total. The van der Waals surface area contributed by atoms with Gasteiger partial charge in [-0.1, -0.05) is 36.4 Å². The minimum absolute atomic E-state index is 0.0947. The van der Waals surface area contributed by atoms with Crippen LogP contribution in [0.15, 0.2) is 65.1 Å². The van der Waals surface area contributed by atoms with E-state index in [1.165, 1.54) is 5.69 Å². The largest absolute Gasteiger partial charge is 0.459 e. The average Bonchev–Trinajstić information content (AvgIpc) is 3.06. The van der Waals surface area contributed by atoms with E-state index in [2.05, 4.69) is 34.1 Å². The molecule has 5 heteroatoms. The summed E-state index contributed by atoms with van der Waals surface area (Å²) < 4.78 is 5.96. The van der Waals surface area contributed by atoms with Crippen molar-refractivity contribution in [1.29, 1.82) is 0 Å². The van der Waals surface area contributed by atoms with E-state index in [0.717, 1.165) is 49.3 Å². The van der Waals surface area contributed by atoms with E-state index in [9.17, 15) is 4.79 Å². The molecule has 1 aliphatic rings. The number of fused-ring (bicyclic) bond motifs is 1. The van der Waals surface area contributed by atoms with Gasteiger partial charge in [0, 0.05) is 44.3 Å². The molecule has 0 bridgehead atoms. The molecule has 29 heavy (non-hydrogen) atoms. The van der Waals surface area contributed by atoms with E-state index in [-0.39, 0.29) is 11.9 Å². The molecule has 1 unspecified atom stereocenters. The van der Waals surface area contributed by atoms with Gasteiger partial charge in [0.05, 0.1) is 12.6 Å². The number of furan rings is 1. The van der Waals surface area contributed by atoms with Crippen LogP contribution in [0, 0.1) is 0 Å². The van der Waals surface area contributed by atoms with E-state index in [0.29, 0.717) is 6.54 Å². The van der Waals surface area contributed by atoms with Gasteiger partial charge in [0.1, 0.15) is 11.3 Å². The zero-order chi connectivity index (χ0) is 20.2. The summed E-state index contributed by atoms with van der Waals surface area (Å²) in [6.45, 7) is 6.29. The van der Waals surface area contributed by atoms with Crippen molar-refractivity contribution in [3.05, 3.63) is 66.4 Å². The van der Waals surface area contributed by atoms with Crippen LogP contribution in [0.4, 0.5) is 5.69 Å². The van der Waals surface area contributed by atoms with Crippen LogP contribution >= 0.6 is 0 Å². The van der Waals surface area contributed by atoms with Crippen LogP contribution in [0.25, 0.3) is 11.0 Å². The molecule has 2 heterocycles. The number of carbonyl (C=O) groups is 1. The zero-order valence-corrected chi connectivity index (χ0v) is 17.3. The fraction of sp³-hybridized carbons (Fsp3) is 0.375. The quantitative estimate of drug-likeness (QED) is 0.655. The minimum Gasteiger partial charge on any atom is -0.459 e. The average molecular weight is 392 g/mol. The summed E-state index contributed by atoms with van der Waals surface area (Å²) in [6, 6.07) is 20.4. The van der Waals surface area contributed by atoms with Crippen LogP contribution in [0.5, 0.6) is 0 Å². The van der Waals surface area contributed by atoms with Crippen LogP contribution in [0.1, 0.15) is 25.1 Å². The maximum absolute atomic E-state index is 12.9. The molecule has 0 aliphatic carbocycles. The van der Waals surface area contributed by atoms with Gasteiger partial charge >= 0.3 is 0 Å². The molecule has 2 aromatic carbocycles. The summed E-state index contributed by atoms with van der Waals surface area (Å²) in [5.74, 6) is 0.958. The maximum atomic E-state index is 12.9. The van der Waals surface area contributed by atoms with Crippen LogP contribution in [0.3, 0.4) is 0 Å². The number of hydrogen-bond acceptors (Lipinski definition) is 4. The molecule has 0 saturated carbocycles. The van der Waals surface area contributed by atoms with Gasteiger partial charge < -0.3 is 14.2 Å². The molecule has 1 saturated heterocycles. The van der Waals surface area contributed by atoms with Gasteiger partial charge in [-0.05, 0) is 37.6 Å². The SMILES string of the molecule is CC(c1cc2ccccc2o1)N(C)C(=O)CN1CCCN(c2ccccc2)CC1. The summed E-state index contributed by atoms with van der Waals surface area (Å²) in [5.41, 5.74) is 2.13. The van der Waals surface area contributed by atoms with Crippen molar-refractivity contribution >= 4 is 22.6 Å². The molecule has 1 aliphatic heterocycles. The smallest absolute Gasteiger partial charge is 0.237 e. The van der Waals surface area contributed by atoms with Crippen molar-refractivity contribution in [2.24, 2.45) is 0 Å². The van der Waals surface area contributed by atoms with E-state index in [1.54, 1.807) is 4.90 Å². The minimum atomic E-state index is -0.0947. The second-order valence-electron chi connectivity index (χ2n) is 7.82. The third kappa shape index (κ3) is 4.46. The van der Waals surface area contributed by atoms with Crippen molar-refractivity contribution < 1.29 is 9.21 Å². The van der Waals surface area contributed by atoms with Gasteiger partial charge in [0.15, 0.2) is 0 Å². The number of carbonyl (C=O) groups excluding carboxylic acids is 1.